The highest BCUT2D eigenvalue weighted by Gasteiger charge is 2.29. The number of hydrogen-bond acceptors (Lipinski definition) is 8. The summed E-state index contributed by atoms with van der Waals surface area (Å²) in [7, 11) is 1.28. The van der Waals surface area contributed by atoms with E-state index in [9.17, 15) is 14.9 Å². The predicted octanol–water partition coefficient (Wildman–Crippen LogP) is 3.48. The van der Waals surface area contributed by atoms with E-state index >= 15 is 0 Å². The van der Waals surface area contributed by atoms with Crippen LogP contribution < -0.4 is 10.2 Å². The average Bonchev–Trinajstić information content (AvgIpc) is 2.78. The smallest absolute Gasteiger partial charge is 0.353 e. The van der Waals surface area contributed by atoms with Crippen LogP contribution in [-0.4, -0.2) is 34.5 Å². The molecule has 0 radical (unpaired) electrons. The summed E-state index contributed by atoms with van der Waals surface area (Å²) in [5.74, 6) is -0.301. The molecule has 30 heavy (non-hydrogen) atoms. The van der Waals surface area contributed by atoms with Crippen LogP contribution in [0.5, 0.6) is 0 Å². The molecule has 0 unspecified atom stereocenters. The number of aromatic nitrogens is 2. The number of anilines is 3. The molecule has 9 nitrogen and oxygen atoms in total. The van der Waals surface area contributed by atoms with Crippen molar-refractivity contribution in [2.75, 3.05) is 23.9 Å². The van der Waals surface area contributed by atoms with Gasteiger partial charge in [-0.15, -0.1) is 0 Å². The molecule has 9 heteroatoms. The first-order chi connectivity index (χ1) is 14.6. The number of nitrogens with one attached hydrogen (secondary N) is 1. The first-order valence-corrected chi connectivity index (χ1v) is 9.34. The van der Waals surface area contributed by atoms with Gasteiger partial charge in [-0.2, -0.15) is 0 Å². The lowest BCUT2D eigenvalue weighted by Gasteiger charge is -2.29. The standard InChI is InChI=1S/C21H19N5O4/c1-30-21(27)16-8-4-5-9-17(16)24-19-18(26(28)29)20(23-13-22-19)25-11-10-14-6-2-3-7-15(14)12-25/h2-9,13H,10-12H2,1H3,(H,22,23,24). The second-order valence-corrected chi connectivity index (χ2v) is 6.75. The number of methoxy groups -OCH3 is 1. The van der Waals surface area contributed by atoms with E-state index in [1.54, 1.807) is 24.3 Å². The van der Waals surface area contributed by atoms with Gasteiger partial charge in [0.25, 0.3) is 0 Å². The van der Waals surface area contributed by atoms with Gasteiger partial charge in [-0.25, -0.2) is 14.8 Å². The first-order valence-electron chi connectivity index (χ1n) is 9.34. The topological polar surface area (TPSA) is 110 Å². The van der Waals surface area contributed by atoms with E-state index in [1.165, 1.54) is 19.0 Å². The molecule has 2 aromatic carbocycles. The van der Waals surface area contributed by atoms with Crippen LogP contribution in [0.1, 0.15) is 21.5 Å². The van der Waals surface area contributed by atoms with E-state index in [0.717, 1.165) is 12.0 Å². The first kappa shape index (κ1) is 19.3. The quantitative estimate of drug-likeness (QED) is 0.390. The monoisotopic (exact) mass is 405 g/mol. The Bertz CT molecular complexity index is 1120. The maximum atomic E-state index is 12.0. The van der Waals surface area contributed by atoms with E-state index in [2.05, 4.69) is 21.4 Å². The molecule has 3 aromatic rings. The second-order valence-electron chi connectivity index (χ2n) is 6.75. The van der Waals surface area contributed by atoms with Gasteiger partial charge in [0.2, 0.25) is 11.6 Å². The molecule has 0 atom stereocenters. The third-order valence-corrected chi connectivity index (χ3v) is 5.00. The molecule has 0 saturated carbocycles. The van der Waals surface area contributed by atoms with Crippen molar-refractivity contribution in [3.63, 3.8) is 0 Å². The number of ether oxygens (including phenoxy) is 1. The largest absolute Gasteiger partial charge is 0.465 e. The van der Waals surface area contributed by atoms with E-state index < -0.39 is 10.9 Å². The number of carbonyl (C=O) groups excluding carboxylic acids is 1. The van der Waals surface area contributed by atoms with Crippen molar-refractivity contribution in [2.45, 2.75) is 13.0 Å². The maximum absolute atomic E-state index is 12.0. The lowest BCUT2D eigenvalue weighted by atomic mass is 10.00. The molecule has 152 valence electrons. The minimum absolute atomic E-state index is 0.0141. The number of hydrogen-bond donors (Lipinski definition) is 1. The summed E-state index contributed by atoms with van der Waals surface area (Å²) in [5, 5.41) is 14.9. The number of benzene rings is 2. The van der Waals surface area contributed by atoms with Gasteiger partial charge in [0.15, 0.2) is 0 Å². The summed E-state index contributed by atoms with van der Waals surface area (Å²) in [6.07, 6.45) is 2.05. The van der Waals surface area contributed by atoms with Crippen molar-refractivity contribution in [3.05, 3.63) is 81.7 Å². The van der Waals surface area contributed by atoms with Gasteiger partial charge in [-0.3, -0.25) is 10.1 Å². The van der Waals surface area contributed by atoms with Crippen molar-refractivity contribution in [1.82, 2.24) is 9.97 Å². The highest BCUT2D eigenvalue weighted by Crippen LogP contribution is 2.36. The molecular formula is C21H19N5O4. The molecular weight excluding hydrogens is 386 g/mol. The van der Waals surface area contributed by atoms with Gasteiger partial charge in [-0.05, 0) is 29.7 Å². The second kappa shape index (κ2) is 8.16. The Kier molecular flexibility index (Phi) is 5.25. The van der Waals surface area contributed by atoms with E-state index in [-0.39, 0.29) is 22.9 Å². The molecule has 1 aromatic heterocycles. The molecule has 4 rings (SSSR count). The van der Waals surface area contributed by atoms with Crippen molar-refractivity contribution in [1.29, 1.82) is 0 Å². The minimum atomic E-state index is -0.553. The average molecular weight is 405 g/mol. The Morgan fingerprint density at radius 2 is 1.87 bits per heavy atom. The van der Waals surface area contributed by atoms with Crippen molar-refractivity contribution in [3.8, 4) is 0 Å². The predicted molar refractivity (Wildman–Crippen MR) is 111 cm³/mol. The maximum Gasteiger partial charge on any atom is 0.353 e. The number of nitrogens with zero attached hydrogens (tertiary/aromatic N) is 4. The van der Waals surface area contributed by atoms with Gasteiger partial charge < -0.3 is 15.0 Å². The number of fused-ring (bicyclic) bond motifs is 1. The zero-order valence-corrected chi connectivity index (χ0v) is 16.2. The van der Waals surface area contributed by atoms with Gasteiger partial charge in [0.1, 0.15) is 6.33 Å². The van der Waals surface area contributed by atoms with Crippen molar-refractivity contribution in [2.24, 2.45) is 0 Å². The summed E-state index contributed by atoms with van der Waals surface area (Å²) in [5.41, 5.74) is 2.72. The van der Waals surface area contributed by atoms with Crippen molar-refractivity contribution >= 4 is 29.0 Å². The Balaban J connectivity index is 1.72. The zero-order valence-electron chi connectivity index (χ0n) is 16.2. The van der Waals surface area contributed by atoms with Crippen molar-refractivity contribution < 1.29 is 14.5 Å². The number of nitro groups is 1. The minimum Gasteiger partial charge on any atom is -0.465 e. The van der Waals surface area contributed by atoms with Crippen LogP contribution in [0.15, 0.2) is 54.9 Å². The number of esters is 1. The molecule has 0 spiro atoms. The fraction of sp³-hybridized carbons (Fsp3) is 0.190. The lowest BCUT2D eigenvalue weighted by Crippen LogP contribution is -2.31. The number of carbonyl (C=O) groups is 1. The van der Waals surface area contributed by atoms with Crippen LogP contribution in [0.3, 0.4) is 0 Å². The number of rotatable bonds is 5. The highest BCUT2D eigenvalue weighted by molar-refractivity contribution is 5.96. The van der Waals surface area contributed by atoms with Crippen LogP contribution in [0.2, 0.25) is 0 Å². The van der Waals surface area contributed by atoms with E-state index in [1.807, 2.05) is 23.1 Å². The molecule has 1 aliphatic heterocycles. The SMILES string of the molecule is COC(=O)c1ccccc1Nc1ncnc(N2CCc3ccccc3C2)c1[N+](=O)[O-]. The molecule has 0 saturated heterocycles. The van der Waals surface area contributed by atoms with E-state index in [0.29, 0.717) is 18.8 Å². The highest BCUT2D eigenvalue weighted by atomic mass is 16.6. The summed E-state index contributed by atoms with van der Waals surface area (Å²) < 4.78 is 4.79. The van der Waals surface area contributed by atoms with Crippen LogP contribution >= 0.6 is 0 Å². The van der Waals surface area contributed by atoms with E-state index in [4.69, 9.17) is 4.74 Å². The van der Waals surface area contributed by atoms with Crippen LogP contribution in [0, 0.1) is 10.1 Å². The summed E-state index contributed by atoms with van der Waals surface area (Å²) >= 11 is 0. The van der Waals surface area contributed by atoms with Crippen LogP contribution in [0.4, 0.5) is 23.0 Å². The molecule has 0 bridgehead atoms. The Morgan fingerprint density at radius 3 is 2.63 bits per heavy atom. The molecule has 0 fully saturated rings. The fourth-order valence-corrected chi connectivity index (χ4v) is 3.54. The van der Waals surface area contributed by atoms with Gasteiger partial charge in [0.05, 0.1) is 23.3 Å². The zero-order chi connectivity index (χ0) is 21.1. The Labute approximate surface area is 172 Å². The normalized spacial score (nSPS) is 12.8. The summed E-state index contributed by atoms with van der Waals surface area (Å²) in [6, 6.07) is 14.6. The fourth-order valence-electron chi connectivity index (χ4n) is 3.54. The van der Waals surface area contributed by atoms with Crippen LogP contribution in [0.25, 0.3) is 0 Å². The summed E-state index contributed by atoms with van der Waals surface area (Å²) in [6.45, 7) is 1.12. The number of para-hydroxylation sites is 1. The lowest BCUT2D eigenvalue weighted by molar-refractivity contribution is -0.383. The third kappa shape index (κ3) is 3.64. The van der Waals surface area contributed by atoms with Crippen LogP contribution in [-0.2, 0) is 17.7 Å². The molecule has 2 heterocycles. The van der Waals surface area contributed by atoms with Gasteiger partial charge in [0, 0.05) is 13.1 Å². The molecule has 0 amide bonds. The van der Waals surface area contributed by atoms with Gasteiger partial charge >= 0.3 is 11.7 Å². The Morgan fingerprint density at radius 1 is 1.13 bits per heavy atom. The Hall–Kier alpha value is -4.01. The molecule has 0 aliphatic carbocycles. The molecule has 1 N–H and O–H groups in total. The summed E-state index contributed by atoms with van der Waals surface area (Å²) in [4.78, 5) is 33.7. The third-order valence-electron chi connectivity index (χ3n) is 5.00. The molecule has 1 aliphatic rings. The van der Waals surface area contributed by atoms with Gasteiger partial charge in [-0.1, -0.05) is 36.4 Å².